The minimum Gasteiger partial charge on any atom is -0.359 e. The monoisotopic (exact) mass is 374 g/mol. The smallest absolute Gasteiger partial charge is 0.359 e. The molecule has 116 valence electrons. The molecule has 0 atom stereocenters. The molecule has 3 aromatic rings. The van der Waals surface area contributed by atoms with E-state index in [-0.39, 0.29) is 12.3 Å². The molecule has 0 saturated carbocycles. The highest BCUT2D eigenvalue weighted by atomic mass is 79.9. The number of halogens is 4. The van der Waals surface area contributed by atoms with Gasteiger partial charge >= 0.3 is 6.18 Å². The van der Waals surface area contributed by atoms with Gasteiger partial charge in [-0.3, -0.25) is 0 Å². The summed E-state index contributed by atoms with van der Waals surface area (Å²) in [6.45, 7) is 3.72. The van der Waals surface area contributed by atoms with E-state index in [1.807, 2.05) is 13.0 Å². The third kappa shape index (κ3) is 2.60. The van der Waals surface area contributed by atoms with Crippen LogP contribution in [0.1, 0.15) is 22.8 Å². The maximum atomic E-state index is 12.6. The van der Waals surface area contributed by atoms with E-state index in [1.165, 1.54) is 0 Å². The van der Waals surface area contributed by atoms with E-state index in [4.69, 9.17) is 4.52 Å². The van der Waals surface area contributed by atoms with Gasteiger partial charge in [-0.15, -0.1) is 0 Å². The lowest BCUT2D eigenvalue weighted by Crippen LogP contribution is -2.05. The van der Waals surface area contributed by atoms with Gasteiger partial charge in [0.15, 0.2) is 17.1 Å². The minimum atomic E-state index is -4.52. The first kappa shape index (κ1) is 15.0. The second-order valence-corrected chi connectivity index (χ2v) is 5.61. The molecule has 0 radical (unpaired) electrons. The quantitative estimate of drug-likeness (QED) is 0.683. The Bertz CT molecular complexity index is 853. The zero-order valence-corrected chi connectivity index (χ0v) is 13.2. The van der Waals surface area contributed by atoms with Crippen molar-refractivity contribution in [3.8, 4) is 0 Å². The van der Waals surface area contributed by atoms with Crippen LogP contribution < -0.4 is 0 Å². The molecule has 3 heterocycles. The van der Waals surface area contributed by atoms with Gasteiger partial charge in [0.1, 0.15) is 10.1 Å². The molecular formula is C13H10BrF3N4O. The lowest BCUT2D eigenvalue weighted by atomic mass is 10.3. The van der Waals surface area contributed by atoms with Crippen LogP contribution in [0.25, 0.3) is 11.2 Å². The number of alkyl halides is 3. The molecule has 0 N–H and O–H groups in total. The topological polar surface area (TPSA) is 56.7 Å². The second kappa shape index (κ2) is 5.08. The average Bonchev–Trinajstić information content (AvgIpc) is 2.98. The number of rotatable bonds is 2. The highest BCUT2D eigenvalue weighted by Gasteiger charge is 2.35. The van der Waals surface area contributed by atoms with Crippen molar-refractivity contribution in [3.05, 3.63) is 39.6 Å². The Morgan fingerprint density at radius 1 is 1.23 bits per heavy atom. The highest BCUT2D eigenvalue weighted by molar-refractivity contribution is 9.10. The van der Waals surface area contributed by atoms with Gasteiger partial charge in [-0.2, -0.15) is 13.2 Å². The Balaban J connectivity index is 2.02. The van der Waals surface area contributed by atoms with Crippen molar-refractivity contribution >= 4 is 27.1 Å². The number of nitrogens with zero attached hydrogens (tertiary/aromatic N) is 4. The summed E-state index contributed by atoms with van der Waals surface area (Å²) in [5, 5.41) is 3.05. The van der Waals surface area contributed by atoms with Gasteiger partial charge in [0.05, 0.1) is 12.2 Å². The molecule has 0 unspecified atom stereocenters. The van der Waals surface area contributed by atoms with Crippen LogP contribution in [0.2, 0.25) is 0 Å². The van der Waals surface area contributed by atoms with Crippen LogP contribution in [0.15, 0.2) is 21.3 Å². The van der Waals surface area contributed by atoms with Gasteiger partial charge in [0.25, 0.3) is 0 Å². The van der Waals surface area contributed by atoms with Crippen LogP contribution in [0, 0.1) is 13.8 Å². The number of fused-ring (bicyclic) bond motifs is 1. The molecule has 0 fully saturated rings. The fraction of sp³-hybridized carbons (Fsp3) is 0.308. The summed E-state index contributed by atoms with van der Waals surface area (Å²) in [7, 11) is 0. The predicted molar refractivity (Wildman–Crippen MR) is 75.3 cm³/mol. The number of hydrogen-bond acceptors (Lipinski definition) is 4. The van der Waals surface area contributed by atoms with Gasteiger partial charge in [-0.05, 0) is 35.8 Å². The van der Waals surface area contributed by atoms with E-state index >= 15 is 0 Å². The van der Waals surface area contributed by atoms with E-state index in [9.17, 15) is 13.2 Å². The highest BCUT2D eigenvalue weighted by Crippen LogP contribution is 2.29. The predicted octanol–water partition coefficient (Wildman–Crippen LogP) is 3.87. The molecule has 0 aliphatic rings. The van der Waals surface area contributed by atoms with Gasteiger partial charge in [0.2, 0.25) is 0 Å². The average molecular weight is 375 g/mol. The molecular weight excluding hydrogens is 365 g/mol. The molecule has 9 heteroatoms. The molecule has 0 bridgehead atoms. The Hall–Kier alpha value is -1.90. The van der Waals surface area contributed by atoms with Crippen LogP contribution in [0.5, 0.6) is 0 Å². The molecule has 0 spiro atoms. The molecule has 3 aromatic heterocycles. The van der Waals surface area contributed by atoms with Crippen molar-refractivity contribution in [3.63, 3.8) is 0 Å². The molecule has 0 saturated heterocycles. The molecule has 0 aromatic carbocycles. The van der Waals surface area contributed by atoms with Crippen LogP contribution in [0.3, 0.4) is 0 Å². The first-order valence-electron chi connectivity index (χ1n) is 6.28. The summed E-state index contributed by atoms with van der Waals surface area (Å²) in [6.07, 6.45) is -4.52. The molecule has 0 aliphatic carbocycles. The summed E-state index contributed by atoms with van der Waals surface area (Å²) >= 11 is 3.31. The van der Waals surface area contributed by atoms with E-state index in [0.29, 0.717) is 21.5 Å². The van der Waals surface area contributed by atoms with Crippen molar-refractivity contribution in [1.82, 2.24) is 19.7 Å². The lowest BCUT2D eigenvalue weighted by Gasteiger charge is -2.05. The van der Waals surface area contributed by atoms with Gasteiger partial charge in [-0.1, -0.05) is 5.16 Å². The van der Waals surface area contributed by atoms with Crippen molar-refractivity contribution in [2.75, 3.05) is 0 Å². The first-order valence-corrected chi connectivity index (χ1v) is 7.08. The van der Waals surface area contributed by atoms with Crippen LogP contribution in [-0.2, 0) is 12.7 Å². The van der Waals surface area contributed by atoms with E-state index in [1.54, 1.807) is 11.5 Å². The van der Waals surface area contributed by atoms with Gasteiger partial charge in [-0.25, -0.2) is 9.97 Å². The van der Waals surface area contributed by atoms with Crippen molar-refractivity contribution in [2.24, 2.45) is 0 Å². The summed E-state index contributed by atoms with van der Waals surface area (Å²) in [4.78, 5) is 8.77. The molecule has 0 amide bonds. The van der Waals surface area contributed by atoms with Crippen LogP contribution in [-0.4, -0.2) is 19.7 Å². The number of aromatic nitrogens is 4. The van der Waals surface area contributed by atoms with Crippen LogP contribution >= 0.6 is 15.9 Å². The maximum absolute atomic E-state index is 12.6. The molecule has 22 heavy (non-hydrogen) atoms. The third-order valence-electron chi connectivity index (χ3n) is 3.21. The van der Waals surface area contributed by atoms with Crippen molar-refractivity contribution in [2.45, 2.75) is 26.6 Å². The standard InChI is InChI=1S/C13H10BrF3N4O/c1-6-3-9-12(18-7(2)11(14)19-9)21(6)5-8-4-10(20-22-8)13(15,16)17/h3-4H,5H2,1-2H3. The lowest BCUT2D eigenvalue weighted by molar-refractivity contribution is -0.142. The van der Waals surface area contributed by atoms with Gasteiger partial charge < -0.3 is 9.09 Å². The maximum Gasteiger partial charge on any atom is 0.436 e. The zero-order valence-electron chi connectivity index (χ0n) is 11.6. The SMILES string of the molecule is Cc1nc2c(cc(C)n2Cc2cc(C(F)(F)F)no2)nc1Br. The first-order chi connectivity index (χ1) is 10.3. The summed E-state index contributed by atoms with van der Waals surface area (Å²) in [5.41, 5.74) is 1.72. The Morgan fingerprint density at radius 2 is 1.95 bits per heavy atom. The van der Waals surface area contributed by atoms with Crippen molar-refractivity contribution < 1.29 is 17.7 Å². The molecule has 3 rings (SSSR count). The second-order valence-electron chi connectivity index (χ2n) is 4.86. The Kier molecular flexibility index (Phi) is 3.47. The fourth-order valence-electron chi connectivity index (χ4n) is 2.11. The van der Waals surface area contributed by atoms with E-state index in [0.717, 1.165) is 11.8 Å². The van der Waals surface area contributed by atoms with E-state index < -0.39 is 11.9 Å². The summed E-state index contributed by atoms with van der Waals surface area (Å²) in [5.74, 6) is 0.107. The fourth-order valence-corrected chi connectivity index (χ4v) is 2.39. The Labute approximate surface area is 131 Å². The summed E-state index contributed by atoms with van der Waals surface area (Å²) < 4.78 is 44.8. The van der Waals surface area contributed by atoms with Crippen LogP contribution in [0.4, 0.5) is 13.2 Å². The zero-order chi connectivity index (χ0) is 16.1. The molecule has 0 aliphatic heterocycles. The minimum absolute atomic E-state index is 0.105. The normalized spacial score (nSPS) is 12.3. The van der Waals surface area contributed by atoms with E-state index in [2.05, 4.69) is 31.1 Å². The van der Waals surface area contributed by atoms with Crippen molar-refractivity contribution in [1.29, 1.82) is 0 Å². The number of aryl methyl sites for hydroxylation is 2. The Morgan fingerprint density at radius 3 is 2.59 bits per heavy atom. The molecule has 5 nitrogen and oxygen atoms in total. The largest absolute Gasteiger partial charge is 0.436 e. The number of hydrogen-bond donors (Lipinski definition) is 0. The third-order valence-corrected chi connectivity index (χ3v) is 3.96. The summed E-state index contributed by atoms with van der Waals surface area (Å²) in [6, 6.07) is 2.71. The van der Waals surface area contributed by atoms with Gasteiger partial charge in [0, 0.05) is 11.8 Å².